The van der Waals surface area contributed by atoms with Crippen molar-refractivity contribution in [1.82, 2.24) is 0 Å². The summed E-state index contributed by atoms with van der Waals surface area (Å²) in [6, 6.07) is 0. The highest BCUT2D eigenvalue weighted by Gasteiger charge is 2.48. The van der Waals surface area contributed by atoms with Gasteiger partial charge in [-0.1, -0.05) is 0 Å². The van der Waals surface area contributed by atoms with Gasteiger partial charge in [0.15, 0.2) is 24.7 Å². The van der Waals surface area contributed by atoms with Crippen molar-refractivity contribution in [2.24, 2.45) is 0 Å². The van der Waals surface area contributed by atoms with E-state index in [1.807, 2.05) is 0 Å². The molecular formula is C10H15FO6. The van der Waals surface area contributed by atoms with Crippen LogP contribution in [0, 0.1) is 0 Å². The van der Waals surface area contributed by atoms with Crippen LogP contribution >= 0.6 is 0 Å². The lowest BCUT2D eigenvalue weighted by atomic mass is 10.0. The first-order chi connectivity index (χ1) is 7.82. The summed E-state index contributed by atoms with van der Waals surface area (Å²) in [5.74, 6) is -1.37. The van der Waals surface area contributed by atoms with E-state index in [1.165, 1.54) is 6.92 Å². The van der Waals surface area contributed by atoms with E-state index in [2.05, 4.69) is 0 Å². The van der Waals surface area contributed by atoms with Crippen LogP contribution in [-0.2, 0) is 23.8 Å². The molecule has 0 unspecified atom stereocenters. The van der Waals surface area contributed by atoms with Gasteiger partial charge in [0.25, 0.3) is 0 Å². The maximum Gasteiger partial charge on any atom is 0.303 e. The minimum atomic E-state index is -1.96. The van der Waals surface area contributed by atoms with Gasteiger partial charge in [-0.25, -0.2) is 4.39 Å². The van der Waals surface area contributed by atoms with Gasteiger partial charge in [-0.15, -0.1) is 0 Å². The molecule has 0 saturated carbocycles. The van der Waals surface area contributed by atoms with E-state index in [9.17, 15) is 19.1 Å². The molecule has 98 valence electrons. The molecule has 0 spiro atoms. The van der Waals surface area contributed by atoms with Crippen LogP contribution in [-0.4, -0.2) is 47.8 Å². The van der Waals surface area contributed by atoms with Crippen LogP contribution in [0.25, 0.3) is 0 Å². The van der Waals surface area contributed by atoms with Crippen LogP contribution < -0.4 is 0 Å². The van der Waals surface area contributed by atoms with Gasteiger partial charge in [0.05, 0.1) is 6.10 Å². The van der Waals surface area contributed by atoms with Crippen molar-refractivity contribution in [3.8, 4) is 0 Å². The summed E-state index contributed by atoms with van der Waals surface area (Å²) < 4.78 is 28.0. The minimum Gasteiger partial charge on any atom is -0.456 e. The van der Waals surface area contributed by atoms with E-state index in [0.29, 0.717) is 0 Å². The van der Waals surface area contributed by atoms with Crippen molar-refractivity contribution in [2.75, 3.05) is 0 Å². The van der Waals surface area contributed by atoms with E-state index in [0.717, 1.165) is 13.8 Å². The lowest BCUT2D eigenvalue weighted by Crippen LogP contribution is -2.57. The Labute approximate surface area is 97.6 Å². The van der Waals surface area contributed by atoms with Crippen molar-refractivity contribution < 1.29 is 33.3 Å². The molecule has 0 aromatic heterocycles. The average Bonchev–Trinajstić information content (AvgIpc) is 2.19. The van der Waals surface area contributed by atoms with Gasteiger partial charge < -0.3 is 19.3 Å². The van der Waals surface area contributed by atoms with Gasteiger partial charge in [-0.3, -0.25) is 9.59 Å². The van der Waals surface area contributed by atoms with E-state index < -0.39 is 42.7 Å². The number of carbonyl (C=O) groups excluding carboxylic acids is 2. The summed E-state index contributed by atoms with van der Waals surface area (Å²) in [6.45, 7) is 3.74. The lowest BCUT2D eigenvalue weighted by Gasteiger charge is -2.39. The Hall–Kier alpha value is -1.21. The molecule has 0 aromatic carbocycles. The average molecular weight is 250 g/mol. The molecule has 6 nitrogen and oxygen atoms in total. The molecule has 1 rings (SSSR count). The van der Waals surface area contributed by atoms with Crippen molar-refractivity contribution in [3.05, 3.63) is 0 Å². The van der Waals surface area contributed by atoms with E-state index >= 15 is 0 Å². The van der Waals surface area contributed by atoms with Crippen LogP contribution in [0.1, 0.15) is 20.8 Å². The second kappa shape index (κ2) is 5.42. The molecule has 0 amide bonds. The maximum absolute atomic E-state index is 13.6. The zero-order chi connectivity index (χ0) is 13.2. The molecule has 0 bridgehead atoms. The third-order valence-corrected chi connectivity index (χ3v) is 2.33. The Morgan fingerprint density at radius 2 is 1.65 bits per heavy atom. The Morgan fingerprint density at radius 3 is 2.12 bits per heavy atom. The van der Waals surface area contributed by atoms with Gasteiger partial charge in [0.1, 0.15) is 0 Å². The molecule has 1 aliphatic rings. The number of alkyl halides is 1. The molecule has 7 heteroatoms. The van der Waals surface area contributed by atoms with Crippen LogP contribution in [0.3, 0.4) is 0 Å². The molecular weight excluding hydrogens is 235 g/mol. The highest BCUT2D eigenvalue weighted by Crippen LogP contribution is 2.27. The van der Waals surface area contributed by atoms with Crippen molar-refractivity contribution in [3.63, 3.8) is 0 Å². The van der Waals surface area contributed by atoms with Crippen molar-refractivity contribution in [2.45, 2.75) is 51.5 Å². The largest absolute Gasteiger partial charge is 0.456 e. The second-order valence-corrected chi connectivity index (χ2v) is 3.82. The fraction of sp³-hybridized carbons (Fsp3) is 0.800. The maximum atomic E-state index is 13.6. The highest BCUT2D eigenvalue weighted by molar-refractivity contribution is 5.67. The number of esters is 2. The minimum absolute atomic E-state index is 0.647. The fourth-order valence-corrected chi connectivity index (χ4v) is 1.66. The molecule has 1 aliphatic heterocycles. The fourth-order valence-electron chi connectivity index (χ4n) is 1.66. The number of ether oxygens (including phenoxy) is 3. The molecule has 1 fully saturated rings. The van der Waals surface area contributed by atoms with Gasteiger partial charge in [-0.2, -0.15) is 0 Å². The number of carbonyl (C=O) groups is 2. The topological polar surface area (TPSA) is 82.1 Å². The summed E-state index contributed by atoms with van der Waals surface area (Å²) >= 11 is 0. The van der Waals surface area contributed by atoms with Crippen LogP contribution in [0.15, 0.2) is 0 Å². The first-order valence-corrected chi connectivity index (χ1v) is 5.15. The predicted molar refractivity (Wildman–Crippen MR) is 52.6 cm³/mol. The number of hydrogen-bond acceptors (Lipinski definition) is 6. The number of aliphatic hydroxyl groups is 1. The van der Waals surface area contributed by atoms with Gasteiger partial charge in [-0.05, 0) is 6.92 Å². The number of aliphatic hydroxyl groups excluding tert-OH is 1. The molecule has 0 radical (unpaired) electrons. The second-order valence-electron chi connectivity index (χ2n) is 3.82. The standard InChI is InChI=1S/C10H15FO6/c1-4-8(16-5(2)12)9(17-6(3)13)7(11)10(14)15-4/h4,7-10,14H,1-3H3/t4-,7-,8+,9-,10-/m1/s1. The van der Waals surface area contributed by atoms with Gasteiger partial charge >= 0.3 is 11.9 Å². The Kier molecular flexibility index (Phi) is 4.41. The summed E-state index contributed by atoms with van der Waals surface area (Å²) in [7, 11) is 0. The van der Waals surface area contributed by atoms with E-state index in [1.54, 1.807) is 0 Å². The predicted octanol–water partition coefficient (Wildman–Crippen LogP) is -0.0750. The number of hydrogen-bond donors (Lipinski definition) is 1. The lowest BCUT2D eigenvalue weighted by molar-refractivity contribution is -0.269. The molecule has 1 heterocycles. The molecule has 1 saturated heterocycles. The monoisotopic (exact) mass is 250 g/mol. The van der Waals surface area contributed by atoms with Crippen LogP contribution in [0.2, 0.25) is 0 Å². The van der Waals surface area contributed by atoms with Gasteiger partial charge in [0, 0.05) is 13.8 Å². The normalized spacial score (nSPS) is 37.4. The molecule has 0 aliphatic carbocycles. The Morgan fingerprint density at radius 1 is 1.18 bits per heavy atom. The molecule has 1 N–H and O–H groups in total. The quantitative estimate of drug-likeness (QED) is 0.690. The Balaban J connectivity index is 2.86. The first-order valence-electron chi connectivity index (χ1n) is 5.15. The number of halogens is 1. The summed E-state index contributed by atoms with van der Waals surface area (Å²) in [5, 5.41) is 9.25. The SMILES string of the molecule is CC(=O)O[C@@H]1[C@@H](F)[C@H](O)O[C@H](C)[C@@H]1OC(C)=O. The first kappa shape index (κ1) is 13.9. The highest BCUT2D eigenvalue weighted by atomic mass is 19.1. The third-order valence-electron chi connectivity index (χ3n) is 2.33. The summed E-state index contributed by atoms with van der Waals surface area (Å²) in [5.41, 5.74) is 0. The molecule has 0 aromatic rings. The van der Waals surface area contributed by atoms with Crippen LogP contribution in [0.4, 0.5) is 4.39 Å². The van der Waals surface area contributed by atoms with Crippen LogP contribution in [0.5, 0.6) is 0 Å². The van der Waals surface area contributed by atoms with Crippen molar-refractivity contribution >= 4 is 11.9 Å². The van der Waals surface area contributed by atoms with Crippen molar-refractivity contribution in [1.29, 1.82) is 0 Å². The zero-order valence-corrected chi connectivity index (χ0v) is 9.75. The summed E-state index contributed by atoms with van der Waals surface area (Å²) in [6.07, 6.45) is -6.88. The Bertz CT molecular complexity index is 307. The smallest absolute Gasteiger partial charge is 0.303 e. The zero-order valence-electron chi connectivity index (χ0n) is 9.75. The van der Waals surface area contributed by atoms with Gasteiger partial charge in [0.2, 0.25) is 0 Å². The van der Waals surface area contributed by atoms with E-state index in [4.69, 9.17) is 14.2 Å². The number of rotatable bonds is 2. The summed E-state index contributed by atoms with van der Waals surface area (Å²) in [4.78, 5) is 21.7. The molecule has 17 heavy (non-hydrogen) atoms. The van der Waals surface area contributed by atoms with E-state index in [-0.39, 0.29) is 0 Å². The third kappa shape index (κ3) is 3.37. The molecule has 5 atom stereocenters.